The summed E-state index contributed by atoms with van der Waals surface area (Å²) < 4.78 is 0.181. The fourth-order valence-corrected chi connectivity index (χ4v) is 0.795. The van der Waals surface area contributed by atoms with Gasteiger partial charge in [0, 0.05) is 0 Å². The Morgan fingerprint density at radius 1 is 1.31 bits per heavy atom. The summed E-state index contributed by atoms with van der Waals surface area (Å²) in [6.45, 7) is 0. The van der Waals surface area contributed by atoms with Gasteiger partial charge in [-0.25, -0.2) is 4.98 Å². The molecule has 0 bridgehead atoms. The lowest BCUT2D eigenvalue weighted by molar-refractivity contribution is -0.683. The maximum atomic E-state index is 10.3. The molecule has 0 amide bonds. The van der Waals surface area contributed by atoms with E-state index in [1.54, 1.807) is 0 Å². The van der Waals surface area contributed by atoms with Gasteiger partial charge < -0.3 is 10.4 Å². The molecule has 0 aliphatic rings. The summed E-state index contributed by atoms with van der Waals surface area (Å²) in [5.74, 6) is 0. The van der Waals surface area contributed by atoms with Crippen molar-refractivity contribution in [3.63, 3.8) is 0 Å². The first-order valence-electron chi connectivity index (χ1n) is 3.82. The second kappa shape index (κ2) is 5.70. The Bertz CT molecular complexity index is 495. The summed E-state index contributed by atoms with van der Waals surface area (Å²) in [4.78, 5) is 7.76. The minimum Gasteiger partial charge on any atom is -0.690 e. The molecular weight excluding hydrogens is 282 g/mol. The molecule has 0 radical (unpaired) electrons. The van der Waals surface area contributed by atoms with Gasteiger partial charge in [-0.2, -0.15) is 0 Å². The second-order valence-electron chi connectivity index (χ2n) is 2.24. The van der Waals surface area contributed by atoms with Crippen molar-refractivity contribution in [3.8, 4) is 0 Å². The molecule has 16 heavy (non-hydrogen) atoms. The third-order valence-corrected chi connectivity index (χ3v) is 1.71. The van der Waals surface area contributed by atoms with Crippen LogP contribution in [-0.4, -0.2) is 30.2 Å². The van der Waals surface area contributed by atoms with Crippen molar-refractivity contribution in [2.24, 2.45) is 0 Å². The lowest BCUT2D eigenvalue weighted by Gasteiger charge is -1.93. The van der Waals surface area contributed by atoms with Gasteiger partial charge in [-0.15, -0.1) is 9.94 Å². The highest BCUT2D eigenvalue weighted by Gasteiger charge is 1.96. The molecule has 2 aromatic heterocycles. The van der Waals surface area contributed by atoms with Crippen LogP contribution in [0.2, 0.25) is 0 Å². The molecular formula is C6H6BrN7O2. The number of nitrogens with zero attached hydrogens (tertiary/aromatic N) is 6. The van der Waals surface area contributed by atoms with E-state index >= 15 is 0 Å². The smallest absolute Gasteiger partial charge is 0.390 e. The predicted octanol–water partition coefficient (Wildman–Crippen LogP) is -1.13. The van der Waals surface area contributed by atoms with Gasteiger partial charge in [0.05, 0.1) is 28.3 Å². The molecule has 0 atom stereocenters. The second-order valence-corrected chi connectivity index (χ2v) is 2.95. The van der Waals surface area contributed by atoms with Gasteiger partial charge >= 0.3 is 4.73 Å². The highest BCUT2D eigenvalue weighted by molar-refractivity contribution is 9.10. The van der Waals surface area contributed by atoms with Crippen molar-refractivity contribution in [2.75, 3.05) is 0 Å². The van der Waals surface area contributed by atoms with Crippen LogP contribution in [0.3, 0.4) is 0 Å². The van der Waals surface area contributed by atoms with Crippen molar-refractivity contribution in [2.45, 2.75) is 0 Å². The zero-order chi connectivity index (χ0) is 12.0. The normalized spacial score (nSPS) is 9.06. The zero-order valence-corrected chi connectivity index (χ0v) is 9.31. The fraction of sp³-hybridized carbons (Fsp3) is 0. The standard InChI is InChI=1S/C3H2BrN3O.C3H4N4O/c2*4-3-5-1-2-6-7(3)8/h1-2H;1-2,4,8H. The van der Waals surface area contributed by atoms with Gasteiger partial charge in [-0.05, 0) is 4.98 Å². The molecule has 0 saturated carbocycles. The number of nitrogens with one attached hydrogen (secondary N) is 1. The van der Waals surface area contributed by atoms with E-state index in [1.807, 2.05) is 0 Å². The first kappa shape index (κ1) is 12.0. The molecule has 0 aliphatic heterocycles. The van der Waals surface area contributed by atoms with Gasteiger partial charge in [0.2, 0.25) is 0 Å². The van der Waals surface area contributed by atoms with E-state index in [0.29, 0.717) is 9.69 Å². The molecule has 0 saturated heterocycles. The molecule has 9 nitrogen and oxygen atoms in total. The zero-order valence-electron chi connectivity index (χ0n) is 7.73. The SMILES string of the molecule is N=c1nccnn1O.[O-][n+]1nccnc1Br. The van der Waals surface area contributed by atoms with Crippen molar-refractivity contribution in [1.29, 1.82) is 5.41 Å². The maximum absolute atomic E-state index is 10.3. The van der Waals surface area contributed by atoms with Gasteiger partial charge in [0.1, 0.15) is 6.20 Å². The van der Waals surface area contributed by atoms with E-state index in [1.165, 1.54) is 24.8 Å². The summed E-state index contributed by atoms with van der Waals surface area (Å²) in [6, 6.07) is 0. The average Bonchev–Trinajstić information content (AvgIpc) is 2.28. The molecule has 84 valence electrons. The number of aromatic nitrogens is 6. The molecule has 2 rings (SSSR count). The molecule has 0 aliphatic carbocycles. The highest BCUT2D eigenvalue weighted by Crippen LogP contribution is 1.90. The summed E-state index contributed by atoms with van der Waals surface area (Å²) in [5.41, 5.74) is -0.271. The minimum atomic E-state index is -0.271. The largest absolute Gasteiger partial charge is 0.690 e. The van der Waals surface area contributed by atoms with Crippen LogP contribution >= 0.6 is 15.9 Å². The average molecular weight is 288 g/mol. The van der Waals surface area contributed by atoms with E-state index in [-0.39, 0.29) is 10.4 Å². The summed E-state index contributed by atoms with van der Waals surface area (Å²) >= 11 is 2.87. The Morgan fingerprint density at radius 2 is 2.00 bits per heavy atom. The van der Waals surface area contributed by atoms with Crippen LogP contribution in [0, 0.1) is 10.6 Å². The van der Waals surface area contributed by atoms with E-state index < -0.39 is 0 Å². The Labute approximate surface area is 97.2 Å². The Hall–Kier alpha value is -2.10. The molecule has 2 heterocycles. The summed E-state index contributed by atoms with van der Waals surface area (Å²) in [6.07, 6.45) is 5.36. The molecule has 2 N–H and O–H groups in total. The monoisotopic (exact) mass is 287 g/mol. The Kier molecular flexibility index (Phi) is 4.27. The van der Waals surface area contributed by atoms with Gasteiger partial charge in [-0.3, -0.25) is 5.41 Å². The Morgan fingerprint density at radius 3 is 2.38 bits per heavy atom. The van der Waals surface area contributed by atoms with Crippen LogP contribution in [0.1, 0.15) is 0 Å². The first-order chi connectivity index (χ1) is 7.61. The first-order valence-corrected chi connectivity index (χ1v) is 4.61. The molecule has 0 fully saturated rings. The quantitative estimate of drug-likeness (QED) is 0.358. The molecule has 10 heteroatoms. The van der Waals surface area contributed by atoms with Crippen molar-refractivity contribution >= 4 is 15.9 Å². The van der Waals surface area contributed by atoms with Crippen molar-refractivity contribution in [3.05, 3.63) is 40.3 Å². The third-order valence-electron chi connectivity index (χ3n) is 1.21. The van der Waals surface area contributed by atoms with Crippen LogP contribution in [0.4, 0.5) is 0 Å². The number of halogens is 1. The van der Waals surface area contributed by atoms with Crippen LogP contribution in [0.15, 0.2) is 29.5 Å². The van der Waals surface area contributed by atoms with Gasteiger partial charge in [0.15, 0.2) is 6.20 Å². The predicted molar refractivity (Wildman–Crippen MR) is 51.8 cm³/mol. The third kappa shape index (κ3) is 3.57. The Balaban J connectivity index is 0.000000160. The van der Waals surface area contributed by atoms with Crippen LogP contribution in [0.5, 0.6) is 0 Å². The lowest BCUT2D eigenvalue weighted by atomic mass is 10.9. The maximum Gasteiger partial charge on any atom is 0.390 e. The molecule has 0 unspecified atom stereocenters. The van der Waals surface area contributed by atoms with Gasteiger partial charge in [-0.1, -0.05) is 9.94 Å². The number of hydrogen-bond acceptors (Lipinski definition) is 7. The highest BCUT2D eigenvalue weighted by atomic mass is 79.9. The fourth-order valence-electron chi connectivity index (χ4n) is 0.585. The summed E-state index contributed by atoms with van der Waals surface area (Å²) in [7, 11) is 0. The van der Waals surface area contributed by atoms with Crippen molar-refractivity contribution in [1.82, 2.24) is 25.0 Å². The van der Waals surface area contributed by atoms with Crippen LogP contribution in [0.25, 0.3) is 0 Å². The van der Waals surface area contributed by atoms with E-state index in [4.69, 9.17) is 10.6 Å². The van der Waals surface area contributed by atoms with E-state index in [0.717, 1.165) is 0 Å². The van der Waals surface area contributed by atoms with Gasteiger partial charge in [0.25, 0.3) is 5.62 Å². The topological polar surface area (TPSA) is 128 Å². The number of rotatable bonds is 0. The summed E-state index contributed by atoms with van der Waals surface area (Å²) in [5, 5.41) is 32.2. The minimum absolute atomic E-state index is 0.181. The van der Waals surface area contributed by atoms with Crippen molar-refractivity contribution < 1.29 is 10.1 Å². The lowest BCUT2D eigenvalue weighted by Crippen LogP contribution is -2.32. The molecule has 2 aromatic rings. The van der Waals surface area contributed by atoms with E-state index in [9.17, 15) is 5.21 Å². The molecule has 0 spiro atoms. The number of hydrogen-bond donors (Lipinski definition) is 2. The van der Waals surface area contributed by atoms with Crippen LogP contribution in [-0.2, 0) is 0 Å². The van der Waals surface area contributed by atoms with Crippen LogP contribution < -0.4 is 10.5 Å². The molecule has 0 aromatic carbocycles. The van der Waals surface area contributed by atoms with E-state index in [2.05, 4.69) is 36.1 Å².